The zero-order chi connectivity index (χ0) is 13.3. The smallest absolute Gasteiger partial charge is 0.280 e. The summed E-state index contributed by atoms with van der Waals surface area (Å²) < 4.78 is 33.9. The molecule has 0 aromatic carbocycles. The van der Waals surface area contributed by atoms with Crippen molar-refractivity contribution in [1.29, 1.82) is 0 Å². The summed E-state index contributed by atoms with van der Waals surface area (Å²) in [5.41, 5.74) is 5.02. The average molecular weight is 265 g/mol. The van der Waals surface area contributed by atoms with Crippen LogP contribution >= 0.6 is 0 Å². The maximum atomic E-state index is 12.2. The fourth-order valence-electron chi connectivity index (χ4n) is 1.71. The van der Waals surface area contributed by atoms with Gasteiger partial charge in [-0.2, -0.15) is 17.4 Å². The Morgan fingerprint density at radius 2 is 2.06 bits per heavy atom. The standard InChI is InChI=1S/C10H23N3O3S/c1-8-7-16-9(5-11)6-13(8)17(14,15)12-10(2,3)4/h8-9,12H,5-7,11H2,1-4H3. The molecule has 1 heterocycles. The van der Waals surface area contributed by atoms with Crippen molar-refractivity contribution >= 4 is 10.2 Å². The minimum absolute atomic E-state index is 0.169. The molecule has 1 aliphatic rings. The highest BCUT2D eigenvalue weighted by molar-refractivity contribution is 7.87. The zero-order valence-corrected chi connectivity index (χ0v) is 11.8. The summed E-state index contributed by atoms with van der Waals surface area (Å²) in [6, 6.07) is -0.169. The molecule has 3 N–H and O–H groups in total. The third-order valence-corrected chi connectivity index (χ3v) is 4.45. The van der Waals surface area contributed by atoms with Gasteiger partial charge in [-0.1, -0.05) is 0 Å². The number of rotatable bonds is 3. The van der Waals surface area contributed by atoms with Crippen LogP contribution < -0.4 is 10.5 Å². The maximum absolute atomic E-state index is 12.2. The Morgan fingerprint density at radius 3 is 2.53 bits per heavy atom. The molecule has 1 rings (SSSR count). The molecule has 7 heteroatoms. The van der Waals surface area contributed by atoms with E-state index in [0.29, 0.717) is 19.7 Å². The van der Waals surface area contributed by atoms with E-state index < -0.39 is 15.7 Å². The van der Waals surface area contributed by atoms with Crippen molar-refractivity contribution in [3.63, 3.8) is 0 Å². The van der Waals surface area contributed by atoms with Crippen LogP contribution in [0, 0.1) is 0 Å². The number of nitrogens with zero attached hydrogens (tertiary/aromatic N) is 1. The van der Waals surface area contributed by atoms with Crippen LogP contribution in [-0.4, -0.2) is 50.1 Å². The first-order chi connectivity index (χ1) is 7.65. The summed E-state index contributed by atoms with van der Waals surface area (Å²) in [4.78, 5) is 0. The molecular formula is C10H23N3O3S. The van der Waals surface area contributed by atoms with Crippen LogP contribution in [-0.2, 0) is 14.9 Å². The van der Waals surface area contributed by atoms with Crippen LogP contribution in [0.5, 0.6) is 0 Å². The van der Waals surface area contributed by atoms with Gasteiger partial charge in [0.25, 0.3) is 10.2 Å². The van der Waals surface area contributed by atoms with Crippen LogP contribution in [0.4, 0.5) is 0 Å². The Balaban J connectivity index is 2.81. The van der Waals surface area contributed by atoms with E-state index in [4.69, 9.17) is 10.5 Å². The van der Waals surface area contributed by atoms with Crippen molar-refractivity contribution in [3.8, 4) is 0 Å². The van der Waals surface area contributed by atoms with Crippen molar-refractivity contribution in [2.45, 2.75) is 45.4 Å². The summed E-state index contributed by atoms with van der Waals surface area (Å²) in [7, 11) is -3.49. The highest BCUT2D eigenvalue weighted by Gasteiger charge is 2.35. The van der Waals surface area contributed by atoms with Gasteiger partial charge in [0.05, 0.1) is 12.7 Å². The Hall–Kier alpha value is -0.210. The molecule has 6 nitrogen and oxygen atoms in total. The fourth-order valence-corrected chi connectivity index (χ4v) is 3.50. The summed E-state index contributed by atoms with van der Waals surface area (Å²) in [6.07, 6.45) is -0.220. The van der Waals surface area contributed by atoms with Crippen molar-refractivity contribution in [2.75, 3.05) is 19.7 Å². The quantitative estimate of drug-likeness (QED) is 0.731. The number of nitrogens with two attached hydrogens (primary N) is 1. The molecule has 0 aromatic heterocycles. The van der Waals surface area contributed by atoms with E-state index in [1.165, 1.54) is 4.31 Å². The monoisotopic (exact) mass is 265 g/mol. The van der Waals surface area contributed by atoms with Gasteiger partial charge in [0, 0.05) is 24.7 Å². The SMILES string of the molecule is CC1COC(CN)CN1S(=O)(=O)NC(C)(C)C. The van der Waals surface area contributed by atoms with E-state index in [1.807, 2.05) is 27.7 Å². The highest BCUT2D eigenvalue weighted by Crippen LogP contribution is 2.16. The predicted molar refractivity (Wildman–Crippen MR) is 66.8 cm³/mol. The molecule has 1 aliphatic heterocycles. The van der Waals surface area contributed by atoms with Gasteiger partial charge in [0.2, 0.25) is 0 Å². The lowest BCUT2D eigenvalue weighted by atomic mass is 10.1. The molecule has 0 radical (unpaired) electrons. The first-order valence-corrected chi connectivity index (χ1v) is 7.22. The molecule has 0 aromatic rings. The Morgan fingerprint density at radius 1 is 1.47 bits per heavy atom. The van der Waals surface area contributed by atoms with Crippen LogP contribution in [0.3, 0.4) is 0 Å². The van der Waals surface area contributed by atoms with Crippen LogP contribution in [0.15, 0.2) is 0 Å². The highest BCUT2D eigenvalue weighted by atomic mass is 32.2. The Labute approximate surface area is 104 Å². The lowest BCUT2D eigenvalue weighted by Crippen LogP contribution is -2.58. The van der Waals surface area contributed by atoms with Gasteiger partial charge in [-0.3, -0.25) is 0 Å². The largest absolute Gasteiger partial charge is 0.374 e. The molecular weight excluding hydrogens is 242 g/mol. The summed E-state index contributed by atoms with van der Waals surface area (Å²) in [6.45, 7) is 8.29. The molecule has 1 saturated heterocycles. The van der Waals surface area contributed by atoms with Crippen LogP contribution in [0.25, 0.3) is 0 Å². The second-order valence-corrected chi connectivity index (χ2v) is 7.09. The van der Waals surface area contributed by atoms with E-state index in [2.05, 4.69) is 4.72 Å². The predicted octanol–water partition coefficient (Wildman–Crippen LogP) is -0.333. The average Bonchev–Trinajstić information content (AvgIpc) is 2.14. The lowest BCUT2D eigenvalue weighted by Gasteiger charge is -2.38. The van der Waals surface area contributed by atoms with E-state index in [9.17, 15) is 8.42 Å². The summed E-state index contributed by atoms with van der Waals surface area (Å²) >= 11 is 0. The molecule has 0 amide bonds. The maximum Gasteiger partial charge on any atom is 0.280 e. The van der Waals surface area contributed by atoms with Crippen molar-refractivity contribution in [3.05, 3.63) is 0 Å². The molecule has 102 valence electrons. The van der Waals surface area contributed by atoms with Crippen molar-refractivity contribution < 1.29 is 13.2 Å². The first-order valence-electron chi connectivity index (χ1n) is 5.78. The second kappa shape index (κ2) is 5.19. The lowest BCUT2D eigenvalue weighted by molar-refractivity contribution is -0.0226. The molecule has 1 fully saturated rings. The summed E-state index contributed by atoms with van der Waals surface area (Å²) in [5.74, 6) is 0. The fraction of sp³-hybridized carbons (Fsp3) is 1.00. The minimum Gasteiger partial charge on any atom is -0.374 e. The number of hydrogen-bond acceptors (Lipinski definition) is 4. The summed E-state index contributed by atoms with van der Waals surface area (Å²) in [5, 5.41) is 0. The second-order valence-electron chi connectivity index (χ2n) is 5.47. The third kappa shape index (κ3) is 4.18. The molecule has 0 aliphatic carbocycles. The topological polar surface area (TPSA) is 84.7 Å². The normalized spacial score (nSPS) is 28.3. The molecule has 0 bridgehead atoms. The number of morpholine rings is 1. The number of nitrogens with one attached hydrogen (secondary N) is 1. The van der Waals surface area contributed by atoms with Gasteiger partial charge >= 0.3 is 0 Å². The zero-order valence-electron chi connectivity index (χ0n) is 10.9. The van der Waals surface area contributed by atoms with Gasteiger partial charge in [0.1, 0.15) is 0 Å². The minimum atomic E-state index is -3.49. The van der Waals surface area contributed by atoms with Gasteiger partial charge in [-0.15, -0.1) is 0 Å². The van der Waals surface area contributed by atoms with Gasteiger partial charge in [0.15, 0.2) is 0 Å². The number of ether oxygens (including phenoxy) is 1. The van der Waals surface area contributed by atoms with Gasteiger partial charge < -0.3 is 10.5 Å². The van der Waals surface area contributed by atoms with E-state index in [-0.39, 0.29) is 12.1 Å². The number of hydrogen-bond donors (Lipinski definition) is 2. The van der Waals surface area contributed by atoms with Crippen molar-refractivity contribution in [2.24, 2.45) is 5.73 Å². The van der Waals surface area contributed by atoms with Crippen LogP contribution in [0.1, 0.15) is 27.7 Å². The molecule has 0 saturated carbocycles. The molecule has 0 spiro atoms. The first kappa shape index (κ1) is 14.8. The molecule has 17 heavy (non-hydrogen) atoms. The van der Waals surface area contributed by atoms with Gasteiger partial charge in [-0.05, 0) is 27.7 Å². The van der Waals surface area contributed by atoms with E-state index in [0.717, 1.165) is 0 Å². The van der Waals surface area contributed by atoms with Crippen molar-refractivity contribution in [1.82, 2.24) is 9.03 Å². The van der Waals surface area contributed by atoms with E-state index >= 15 is 0 Å². The van der Waals surface area contributed by atoms with Gasteiger partial charge in [-0.25, -0.2) is 0 Å². The Bertz CT molecular complexity index is 350. The molecule has 2 unspecified atom stereocenters. The van der Waals surface area contributed by atoms with Crippen LogP contribution in [0.2, 0.25) is 0 Å². The van der Waals surface area contributed by atoms with E-state index in [1.54, 1.807) is 0 Å². The Kier molecular flexibility index (Phi) is 4.54. The third-order valence-electron chi connectivity index (χ3n) is 2.46. The molecule has 2 atom stereocenters.